The second-order valence-corrected chi connectivity index (χ2v) is 8.67. The van der Waals surface area contributed by atoms with Gasteiger partial charge in [0.15, 0.2) is 0 Å². The average Bonchev–Trinajstić information content (AvgIpc) is 3.07. The molecule has 0 spiro atoms. The maximum Gasteiger partial charge on any atom is 0.407 e. The number of nitrogens with one attached hydrogen (secondary N) is 2. The minimum atomic E-state index is -0.433. The van der Waals surface area contributed by atoms with Gasteiger partial charge >= 0.3 is 6.09 Å². The van der Waals surface area contributed by atoms with Crippen LogP contribution < -0.4 is 10.6 Å². The van der Waals surface area contributed by atoms with Crippen molar-refractivity contribution in [3.05, 3.63) is 0 Å². The first kappa shape index (κ1) is 17.0. The third-order valence-corrected chi connectivity index (χ3v) is 5.31. The largest absolute Gasteiger partial charge is 0.444 e. The maximum absolute atomic E-state index is 12.0. The van der Waals surface area contributed by atoms with Crippen LogP contribution in [0.3, 0.4) is 0 Å². The number of carbonyl (C=O) groups excluding carboxylic acids is 1. The van der Waals surface area contributed by atoms with Gasteiger partial charge < -0.3 is 15.4 Å². The van der Waals surface area contributed by atoms with Crippen molar-refractivity contribution in [2.75, 3.05) is 6.54 Å². The van der Waals surface area contributed by atoms with Crippen molar-refractivity contribution in [2.45, 2.75) is 102 Å². The van der Waals surface area contributed by atoms with E-state index in [9.17, 15) is 4.79 Å². The molecular formula is C18H33N3O2. The zero-order chi connectivity index (χ0) is 16.6. The Labute approximate surface area is 140 Å². The second kappa shape index (κ2) is 6.60. The maximum atomic E-state index is 12.0. The Morgan fingerprint density at radius 2 is 1.83 bits per heavy atom. The van der Waals surface area contributed by atoms with Crippen molar-refractivity contribution in [1.82, 2.24) is 15.5 Å². The van der Waals surface area contributed by atoms with Crippen LogP contribution in [0, 0.1) is 0 Å². The molecule has 132 valence electrons. The number of amides is 1. The molecule has 3 rings (SSSR count). The van der Waals surface area contributed by atoms with Crippen molar-refractivity contribution in [3.63, 3.8) is 0 Å². The minimum Gasteiger partial charge on any atom is -0.444 e. The van der Waals surface area contributed by atoms with Gasteiger partial charge in [0.25, 0.3) is 0 Å². The van der Waals surface area contributed by atoms with Crippen LogP contribution in [0.1, 0.15) is 66.2 Å². The molecule has 3 aliphatic rings. The fourth-order valence-corrected chi connectivity index (χ4v) is 4.19. The van der Waals surface area contributed by atoms with Crippen LogP contribution in [0.25, 0.3) is 0 Å². The Morgan fingerprint density at radius 1 is 1.13 bits per heavy atom. The smallest absolute Gasteiger partial charge is 0.407 e. The van der Waals surface area contributed by atoms with E-state index in [2.05, 4.69) is 22.5 Å². The molecule has 2 N–H and O–H groups in total. The van der Waals surface area contributed by atoms with E-state index in [0.29, 0.717) is 18.1 Å². The highest BCUT2D eigenvalue weighted by Gasteiger charge is 2.40. The average molecular weight is 323 g/mol. The number of hydrogen-bond acceptors (Lipinski definition) is 4. The van der Waals surface area contributed by atoms with Crippen LogP contribution in [0.4, 0.5) is 4.79 Å². The summed E-state index contributed by atoms with van der Waals surface area (Å²) >= 11 is 0. The molecule has 2 aliphatic carbocycles. The molecule has 5 nitrogen and oxygen atoms in total. The molecule has 1 saturated heterocycles. The van der Waals surface area contributed by atoms with E-state index in [1.54, 1.807) is 0 Å². The van der Waals surface area contributed by atoms with Gasteiger partial charge in [-0.15, -0.1) is 0 Å². The Bertz CT molecular complexity index is 430. The van der Waals surface area contributed by atoms with Gasteiger partial charge in [0.1, 0.15) is 5.60 Å². The summed E-state index contributed by atoms with van der Waals surface area (Å²) in [5, 5.41) is 6.91. The highest BCUT2D eigenvalue weighted by Crippen LogP contribution is 2.34. The van der Waals surface area contributed by atoms with Crippen LogP contribution in [0.15, 0.2) is 0 Å². The molecule has 1 heterocycles. The molecule has 1 amide bonds. The molecular weight excluding hydrogens is 290 g/mol. The number of rotatable bonds is 4. The number of nitrogens with zero attached hydrogens (tertiary/aromatic N) is 1. The van der Waals surface area contributed by atoms with Crippen molar-refractivity contribution in [2.24, 2.45) is 0 Å². The molecule has 23 heavy (non-hydrogen) atoms. The topological polar surface area (TPSA) is 53.6 Å². The monoisotopic (exact) mass is 323 g/mol. The highest BCUT2D eigenvalue weighted by molar-refractivity contribution is 5.68. The van der Waals surface area contributed by atoms with Gasteiger partial charge in [0.2, 0.25) is 0 Å². The second-order valence-electron chi connectivity index (χ2n) is 8.67. The zero-order valence-corrected chi connectivity index (χ0v) is 15.1. The Kier molecular flexibility index (Phi) is 4.88. The summed E-state index contributed by atoms with van der Waals surface area (Å²) in [6.07, 6.45) is 7.07. The van der Waals surface area contributed by atoms with Crippen LogP contribution in [-0.2, 0) is 4.74 Å². The van der Waals surface area contributed by atoms with E-state index >= 15 is 0 Å². The minimum absolute atomic E-state index is 0.204. The Morgan fingerprint density at radius 3 is 2.48 bits per heavy atom. The predicted molar refractivity (Wildman–Crippen MR) is 91.5 cm³/mol. The normalized spacial score (nSPS) is 35.5. The van der Waals surface area contributed by atoms with Crippen LogP contribution in [0.5, 0.6) is 0 Å². The summed E-state index contributed by atoms with van der Waals surface area (Å²) in [7, 11) is 0. The molecule has 0 bridgehead atoms. The first-order valence-electron chi connectivity index (χ1n) is 9.33. The van der Waals surface area contributed by atoms with E-state index in [0.717, 1.165) is 18.9 Å². The molecule has 3 fully saturated rings. The number of ether oxygens (including phenoxy) is 1. The van der Waals surface area contributed by atoms with Crippen molar-refractivity contribution in [1.29, 1.82) is 0 Å². The lowest BCUT2D eigenvalue weighted by Gasteiger charge is -2.27. The zero-order valence-electron chi connectivity index (χ0n) is 15.1. The molecule has 0 aromatic rings. The molecule has 1 aliphatic heterocycles. The molecule has 4 atom stereocenters. The third kappa shape index (κ3) is 4.60. The van der Waals surface area contributed by atoms with Crippen molar-refractivity contribution < 1.29 is 9.53 Å². The summed E-state index contributed by atoms with van der Waals surface area (Å²) in [5.74, 6) is 0. The van der Waals surface area contributed by atoms with E-state index in [-0.39, 0.29) is 12.1 Å². The SMILES string of the molecule is CC1CC(NC2CCCC2NC(=O)OC(C)(C)C)CN1C1CC1. The van der Waals surface area contributed by atoms with Crippen molar-refractivity contribution >= 4 is 6.09 Å². The lowest BCUT2D eigenvalue weighted by Crippen LogP contribution is -2.51. The standard InChI is InChI=1S/C18H33N3O2/c1-12-10-13(11-21(12)14-8-9-14)19-15-6-5-7-16(15)20-17(22)23-18(2,3)4/h12-16,19H,5-11H2,1-4H3,(H,20,22). The molecule has 0 radical (unpaired) electrons. The Hall–Kier alpha value is -0.810. The first-order valence-corrected chi connectivity index (χ1v) is 9.33. The van der Waals surface area contributed by atoms with Gasteiger partial charge in [-0.1, -0.05) is 0 Å². The van der Waals surface area contributed by atoms with E-state index in [4.69, 9.17) is 4.74 Å². The van der Waals surface area contributed by atoms with Gasteiger partial charge in [0.05, 0.1) is 0 Å². The summed E-state index contributed by atoms with van der Waals surface area (Å²) in [5.41, 5.74) is -0.433. The summed E-state index contributed by atoms with van der Waals surface area (Å²) in [6.45, 7) is 9.24. The quantitative estimate of drug-likeness (QED) is 0.835. The summed E-state index contributed by atoms with van der Waals surface area (Å²) in [4.78, 5) is 14.7. The van der Waals surface area contributed by atoms with E-state index < -0.39 is 5.60 Å². The van der Waals surface area contributed by atoms with Gasteiger partial charge in [-0.25, -0.2) is 4.79 Å². The van der Waals surface area contributed by atoms with Gasteiger partial charge in [-0.2, -0.15) is 0 Å². The van der Waals surface area contributed by atoms with E-state index in [1.165, 1.54) is 32.2 Å². The lowest BCUT2D eigenvalue weighted by atomic mass is 10.1. The lowest BCUT2D eigenvalue weighted by molar-refractivity contribution is 0.0497. The molecule has 0 aromatic carbocycles. The number of likely N-dealkylation sites (tertiary alicyclic amines) is 1. The number of alkyl carbamates (subject to hydrolysis) is 1. The third-order valence-electron chi connectivity index (χ3n) is 5.31. The molecule has 5 heteroatoms. The molecule has 4 unspecified atom stereocenters. The van der Waals surface area contributed by atoms with Crippen molar-refractivity contribution in [3.8, 4) is 0 Å². The summed E-state index contributed by atoms with van der Waals surface area (Å²) in [6, 6.07) is 2.69. The van der Waals surface area contributed by atoms with Crippen LogP contribution >= 0.6 is 0 Å². The predicted octanol–water partition coefficient (Wildman–Crippen LogP) is 2.65. The number of hydrogen-bond donors (Lipinski definition) is 2. The molecule has 0 aromatic heterocycles. The van der Waals surface area contributed by atoms with Gasteiger partial charge in [-0.3, -0.25) is 4.90 Å². The van der Waals surface area contributed by atoms with E-state index in [1.807, 2.05) is 20.8 Å². The number of carbonyl (C=O) groups is 1. The fraction of sp³-hybridized carbons (Fsp3) is 0.944. The van der Waals surface area contributed by atoms with Crippen LogP contribution in [-0.4, -0.2) is 53.3 Å². The van der Waals surface area contributed by atoms with Gasteiger partial charge in [-0.05, 0) is 66.2 Å². The van der Waals surface area contributed by atoms with Gasteiger partial charge in [0, 0.05) is 36.8 Å². The van der Waals surface area contributed by atoms with Crippen LogP contribution in [0.2, 0.25) is 0 Å². The first-order chi connectivity index (χ1) is 10.8. The summed E-state index contributed by atoms with van der Waals surface area (Å²) < 4.78 is 5.41. The fourth-order valence-electron chi connectivity index (χ4n) is 4.19. The molecule has 2 saturated carbocycles. The highest BCUT2D eigenvalue weighted by atomic mass is 16.6. The Balaban J connectivity index is 1.48.